The smallest absolute Gasteiger partial charge is 0.273 e. The zero-order valence-corrected chi connectivity index (χ0v) is 16.7. The van der Waals surface area contributed by atoms with Gasteiger partial charge in [-0.15, -0.1) is 0 Å². The Kier molecular flexibility index (Phi) is 5.44. The topological polar surface area (TPSA) is 57.7 Å². The van der Waals surface area contributed by atoms with E-state index in [0.717, 1.165) is 21.6 Å². The average molecular weight is 398 g/mol. The van der Waals surface area contributed by atoms with Crippen LogP contribution in [0.2, 0.25) is 0 Å². The third-order valence-electron chi connectivity index (χ3n) is 5.26. The Morgan fingerprint density at radius 1 is 0.700 bits per heavy atom. The van der Waals surface area contributed by atoms with E-state index in [1.807, 2.05) is 79.7 Å². The van der Waals surface area contributed by atoms with Gasteiger partial charge in [-0.3, -0.25) is 14.5 Å². The van der Waals surface area contributed by atoms with Gasteiger partial charge in [0.25, 0.3) is 0 Å². The molecule has 0 aliphatic carbocycles. The van der Waals surface area contributed by atoms with Crippen LogP contribution < -0.4 is 4.90 Å². The molecule has 1 heterocycles. The zero-order chi connectivity index (χ0) is 21.1. The van der Waals surface area contributed by atoms with Crippen LogP contribution in [0.4, 0.5) is 10.5 Å². The van der Waals surface area contributed by atoms with Gasteiger partial charge in [-0.05, 0) is 36.6 Å². The van der Waals surface area contributed by atoms with Crippen molar-refractivity contribution in [3.63, 3.8) is 0 Å². The number of nitrogens with zero attached hydrogens (tertiary/aromatic N) is 2. The molecule has 0 radical (unpaired) electrons. The summed E-state index contributed by atoms with van der Waals surface area (Å²) in [4.78, 5) is 42.1. The molecule has 1 unspecified atom stereocenters. The van der Waals surface area contributed by atoms with E-state index in [4.69, 9.17) is 0 Å². The van der Waals surface area contributed by atoms with E-state index in [1.54, 1.807) is 12.1 Å². The van der Waals surface area contributed by atoms with Crippen LogP contribution in [0, 0.1) is 12.8 Å². The van der Waals surface area contributed by atoms with Crippen LogP contribution in [0.5, 0.6) is 0 Å². The summed E-state index contributed by atoms with van der Waals surface area (Å²) in [6, 6.07) is 25.3. The molecule has 3 aromatic rings. The Morgan fingerprint density at radius 3 is 1.87 bits per heavy atom. The number of barbiturate groups is 1. The average Bonchev–Trinajstić information content (AvgIpc) is 2.77. The molecule has 0 spiro atoms. The van der Waals surface area contributed by atoms with E-state index in [0.29, 0.717) is 5.69 Å². The van der Waals surface area contributed by atoms with Crippen LogP contribution in [0.25, 0.3) is 0 Å². The summed E-state index contributed by atoms with van der Waals surface area (Å²) in [5.41, 5.74) is 3.20. The van der Waals surface area contributed by atoms with Crippen molar-refractivity contribution in [2.24, 2.45) is 5.92 Å². The summed E-state index contributed by atoms with van der Waals surface area (Å²) in [7, 11) is 0. The molecule has 0 aromatic heterocycles. The maximum Gasteiger partial charge on any atom is 0.338 e. The second-order valence-electron chi connectivity index (χ2n) is 7.44. The molecule has 30 heavy (non-hydrogen) atoms. The molecule has 1 aliphatic heterocycles. The molecule has 3 aromatic carbocycles. The van der Waals surface area contributed by atoms with Crippen molar-refractivity contribution in [3.8, 4) is 0 Å². The minimum Gasteiger partial charge on any atom is -0.273 e. The van der Waals surface area contributed by atoms with Crippen LogP contribution in [0.1, 0.15) is 16.7 Å². The molecular weight excluding hydrogens is 376 g/mol. The van der Waals surface area contributed by atoms with Gasteiger partial charge in [0.1, 0.15) is 5.92 Å². The number of anilines is 1. The van der Waals surface area contributed by atoms with Crippen molar-refractivity contribution >= 4 is 23.5 Å². The summed E-state index contributed by atoms with van der Waals surface area (Å²) >= 11 is 0. The summed E-state index contributed by atoms with van der Waals surface area (Å²) in [6.07, 6.45) is 0.249. The van der Waals surface area contributed by atoms with Crippen LogP contribution in [0.15, 0.2) is 84.9 Å². The van der Waals surface area contributed by atoms with Gasteiger partial charge in [0.2, 0.25) is 11.8 Å². The van der Waals surface area contributed by atoms with Gasteiger partial charge in [-0.2, -0.15) is 0 Å². The van der Waals surface area contributed by atoms with E-state index >= 15 is 0 Å². The number of benzene rings is 3. The number of carbonyl (C=O) groups is 3. The maximum atomic E-state index is 13.3. The second kappa shape index (κ2) is 8.33. The van der Waals surface area contributed by atoms with E-state index in [1.165, 1.54) is 4.90 Å². The highest BCUT2D eigenvalue weighted by atomic mass is 16.2. The SMILES string of the molecule is Cc1ccc(N2C(=O)C(Cc3ccccc3)C(=O)N(Cc3ccccc3)C2=O)cc1. The normalized spacial score (nSPS) is 16.8. The molecule has 0 saturated carbocycles. The fraction of sp³-hybridized carbons (Fsp3) is 0.160. The first kappa shape index (κ1) is 19.6. The highest BCUT2D eigenvalue weighted by Gasteiger charge is 2.46. The fourth-order valence-electron chi connectivity index (χ4n) is 3.63. The fourth-order valence-corrected chi connectivity index (χ4v) is 3.63. The summed E-state index contributed by atoms with van der Waals surface area (Å²) in [5, 5.41) is 0. The molecule has 4 amide bonds. The van der Waals surface area contributed by atoms with E-state index < -0.39 is 23.8 Å². The third kappa shape index (κ3) is 3.87. The van der Waals surface area contributed by atoms with E-state index in [9.17, 15) is 14.4 Å². The van der Waals surface area contributed by atoms with Gasteiger partial charge in [0.05, 0.1) is 12.2 Å². The number of amides is 4. The Morgan fingerprint density at radius 2 is 1.27 bits per heavy atom. The predicted molar refractivity (Wildman–Crippen MR) is 115 cm³/mol. The second-order valence-corrected chi connectivity index (χ2v) is 7.44. The highest BCUT2D eigenvalue weighted by Crippen LogP contribution is 2.28. The molecule has 5 heteroatoms. The lowest BCUT2D eigenvalue weighted by Gasteiger charge is -2.37. The summed E-state index contributed by atoms with van der Waals surface area (Å²) in [6.45, 7) is 2.06. The first-order valence-corrected chi connectivity index (χ1v) is 9.88. The lowest BCUT2D eigenvalue weighted by Crippen LogP contribution is -2.60. The summed E-state index contributed by atoms with van der Waals surface area (Å²) < 4.78 is 0. The minimum absolute atomic E-state index is 0.124. The highest BCUT2D eigenvalue weighted by molar-refractivity contribution is 6.27. The molecule has 0 bridgehead atoms. The Hall–Kier alpha value is -3.73. The molecule has 4 rings (SSSR count). The van der Waals surface area contributed by atoms with Gasteiger partial charge < -0.3 is 0 Å². The van der Waals surface area contributed by atoms with Gasteiger partial charge >= 0.3 is 6.03 Å². The molecular formula is C25H22N2O3. The standard InChI is InChI=1S/C25H22N2O3/c1-18-12-14-21(15-13-18)27-24(29)22(16-19-8-4-2-5-9-19)23(28)26(25(27)30)17-20-10-6-3-7-11-20/h2-15,22H,16-17H2,1H3. The van der Waals surface area contributed by atoms with Crippen molar-refractivity contribution in [2.75, 3.05) is 4.90 Å². The maximum absolute atomic E-state index is 13.3. The van der Waals surface area contributed by atoms with Gasteiger partial charge in [0.15, 0.2) is 0 Å². The number of urea groups is 1. The quantitative estimate of drug-likeness (QED) is 0.601. The van der Waals surface area contributed by atoms with Crippen LogP contribution in [0.3, 0.4) is 0 Å². The number of hydrogen-bond donors (Lipinski definition) is 0. The molecule has 150 valence electrons. The zero-order valence-electron chi connectivity index (χ0n) is 16.7. The van der Waals surface area contributed by atoms with E-state index in [-0.39, 0.29) is 13.0 Å². The van der Waals surface area contributed by atoms with Gasteiger partial charge in [0, 0.05) is 0 Å². The molecule has 1 aliphatic rings. The largest absolute Gasteiger partial charge is 0.338 e. The Labute approximate surface area is 175 Å². The van der Waals surface area contributed by atoms with Crippen LogP contribution >= 0.6 is 0 Å². The lowest BCUT2D eigenvalue weighted by molar-refractivity contribution is -0.141. The number of rotatable bonds is 5. The van der Waals surface area contributed by atoms with Gasteiger partial charge in [-0.1, -0.05) is 78.4 Å². The molecule has 1 atom stereocenters. The van der Waals surface area contributed by atoms with Crippen LogP contribution in [-0.4, -0.2) is 22.7 Å². The molecule has 0 N–H and O–H groups in total. The molecule has 1 saturated heterocycles. The van der Waals surface area contributed by atoms with Crippen molar-refractivity contribution in [2.45, 2.75) is 19.9 Å². The Balaban J connectivity index is 1.72. The number of imide groups is 2. The first-order chi connectivity index (χ1) is 14.5. The predicted octanol–water partition coefficient (Wildman–Crippen LogP) is 4.35. The first-order valence-electron chi connectivity index (χ1n) is 9.88. The van der Waals surface area contributed by atoms with Crippen molar-refractivity contribution in [3.05, 3.63) is 102 Å². The lowest BCUT2D eigenvalue weighted by atomic mass is 9.94. The summed E-state index contributed by atoms with van der Waals surface area (Å²) in [5.74, 6) is -1.89. The molecule has 1 fully saturated rings. The third-order valence-corrected chi connectivity index (χ3v) is 5.26. The van der Waals surface area contributed by atoms with Crippen LogP contribution in [-0.2, 0) is 22.6 Å². The van der Waals surface area contributed by atoms with Crippen molar-refractivity contribution in [1.82, 2.24) is 4.90 Å². The Bertz CT molecular complexity index is 999. The van der Waals surface area contributed by atoms with Crippen molar-refractivity contribution < 1.29 is 14.4 Å². The van der Waals surface area contributed by atoms with Crippen molar-refractivity contribution in [1.29, 1.82) is 0 Å². The monoisotopic (exact) mass is 398 g/mol. The van der Waals surface area contributed by atoms with E-state index in [2.05, 4.69) is 0 Å². The number of aryl methyl sites for hydroxylation is 1. The van der Waals surface area contributed by atoms with Gasteiger partial charge in [-0.25, -0.2) is 9.69 Å². The number of carbonyl (C=O) groups excluding carboxylic acids is 3. The molecule has 5 nitrogen and oxygen atoms in total. The number of hydrogen-bond acceptors (Lipinski definition) is 3. The minimum atomic E-state index is -0.949.